The molecule has 136 valence electrons. The van der Waals surface area contributed by atoms with Gasteiger partial charge >= 0.3 is 0 Å². The van der Waals surface area contributed by atoms with Crippen molar-refractivity contribution in [3.8, 4) is 0 Å². The minimum absolute atomic E-state index is 0.239. The highest BCUT2D eigenvalue weighted by Gasteiger charge is 2.19. The lowest BCUT2D eigenvalue weighted by Gasteiger charge is -2.22. The van der Waals surface area contributed by atoms with E-state index in [1.54, 1.807) is 11.8 Å². The lowest BCUT2D eigenvalue weighted by molar-refractivity contribution is -0.696. The van der Waals surface area contributed by atoms with Crippen LogP contribution < -0.4 is 10.6 Å². The summed E-state index contributed by atoms with van der Waals surface area (Å²) in [6.45, 7) is 1.64. The Bertz CT molecular complexity index is 267. The van der Waals surface area contributed by atoms with E-state index in [9.17, 15) is 10.2 Å². The summed E-state index contributed by atoms with van der Waals surface area (Å²) < 4.78 is 0. The Labute approximate surface area is 146 Å². The summed E-state index contributed by atoms with van der Waals surface area (Å²) in [6, 6.07) is 1.47. The van der Waals surface area contributed by atoms with E-state index in [0.29, 0.717) is 0 Å². The smallest absolute Gasteiger partial charge is 0.112 e. The van der Waals surface area contributed by atoms with Crippen molar-refractivity contribution in [2.75, 3.05) is 24.6 Å². The van der Waals surface area contributed by atoms with Gasteiger partial charge in [-0.15, -0.1) is 0 Å². The van der Waals surface area contributed by atoms with E-state index < -0.39 is 0 Å². The van der Waals surface area contributed by atoms with Gasteiger partial charge in [-0.3, -0.25) is 0 Å². The molecule has 2 rings (SSSR count). The number of thioether (sulfide) groups is 1. The maximum Gasteiger partial charge on any atom is 0.112 e. The number of hydrogen-bond acceptors (Lipinski definition) is 3. The van der Waals surface area contributed by atoms with Gasteiger partial charge in [0.25, 0.3) is 0 Å². The molecule has 0 radical (unpaired) electrons. The Morgan fingerprint density at radius 1 is 0.696 bits per heavy atom. The van der Waals surface area contributed by atoms with Crippen LogP contribution >= 0.6 is 11.8 Å². The molecule has 0 aliphatic heterocycles. The second-order valence-corrected chi connectivity index (χ2v) is 8.66. The van der Waals surface area contributed by atoms with Crippen LogP contribution in [0.5, 0.6) is 0 Å². The first kappa shape index (κ1) is 19.5. The van der Waals surface area contributed by atoms with Crippen LogP contribution in [0, 0.1) is 0 Å². The van der Waals surface area contributed by atoms with E-state index in [0.717, 1.165) is 36.7 Å². The number of nitrogens with two attached hydrogens (primary N) is 2. The van der Waals surface area contributed by atoms with Gasteiger partial charge in [0.1, 0.15) is 25.3 Å². The van der Waals surface area contributed by atoms with Crippen LogP contribution in [0.15, 0.2) is 0 Å². The molecule has 0 unspecified atom stereocenters. The Morgan fingerprint density at radius 2 is 1.09 bits per heavy atom. The Morgan fingerprint density at radius 3 is 1.48 bits per heavy atom. The maximum atomic E-state index is 10.1. The standard InChI is InChI=1S/C18H36N2O2S/c21-17(11-19-15-7-3-1-4-8-15)13-23-14-18(22)12-20-16-9-5-2-6-10-16/h15-22H,1-14H2/p+2/t17-,18-/m0/s1. The maximum absolute atomic E-state index is 10.1. The first-order chi connectivity index (χ1) is 11.2. The van der Waals surface area contributed by atoms with Crippen LogP contribution in [0.4, 0.5) is 0 Å². The van der Waals surface area contributed by atoms with Gasteiger partial charge in [0.15, 0.2) is 0 Å². The first-order valence-corrected chi connectivity index (χ1v) is 11.0. The molecule has 2 aliphatic rings. The number of aliphatic hydroxyl groups is 2. The van der Waals surface area contributed by atoms with E-state index >= 15 is 0 Å². The zero-order valence-electron chi connectivity index (χ0n) is 14.7. The summed E-state index contributed by atoms with van der Waals surface area (Å²) in [5.41, 5.74) is 0. The molecular weight excluding hydrogens is 308 g/mol. The molecule has 0 amide bonds. The van der Waals surface area contributed by atoms with Crippen molar-refractivity contribution >= 4 is 11.8 Å². The molecule has 0 saturated heterocycles. The van der Waals surface area contributed by atoms with Crippen molar-refractivity contribution in [2.24, 2.45) is 0 Å². The summed E-state index contributed by atoms with van der Waals surface area (Å²) in [5, 5.41) is 24.9. The zero-order chi connectivity index (χ0) is 16.3. The van der Waals surface area contributed by atoms with E-state index in [1.807, 2.05) is 0 Å². The van der Waals surface area contributed by atoms with Crippen molar-refractivity contribution in [1.29, 1.82) is 0 Å². The topological polar surface area (TPSA) is 73.7 Å². The van der Waals surface area contributed by atoms with Crippen molar-refractivity contribution in [3.63, 3.8) is 0 Å². The van der Waals surface area contributed by atoms with Crippen molar-refractivity contribution in [1.82, 2.24) is 0 Å². The molecule has 2 atom stereocenters. The van der Waals surface area contributed by atoms with Gasteiger partial charge in [-0.25, -0.2) is 0 Å². The third-order valence-corrected chi connectivity index (χ3v) is 6.64. The fourth-order valence-electron chi connectivity index (χ4n) is 3.92. The quantitative estimate of drug-likeness (QED) is 0.458. The van der Waals surface area contributed by atoms with Crippen LogP contribution in [0.25, 0.3) is 0 Å². The lowest BCUT2D eigenvalue weighted by Crippen LogP contribution is -2.92. The number of rotatable bonds is 10. The molecule has 2 saturated carbocycles. The van der Waals surface area contributed by atoms with E-state index in [2.05, 4.69) is 10.6 Å². The minimum Gasteiger partial charge on any atom is -0.386 e. The summed E-state index contributed by atoms with van der Waals surface area (Å²) in [4.78, 5) is 0. The summed E-state index contributed by atoms with van der Waals surface area (Å²) in [5.74, 6) is 1.51. The third kappa shape index (κ3) is 8.73. The average molecular weight is 347 g/mol. The molecule has 2 fully saturated rings. The molecule has 0 aromatic carbocycles. The van der Waals surface area contributed by atoms with Crippen molar-refractivity contribution in [3.05, 3.63) is 0 Å². The molecule has 5 heteroatoms. The normalized spacial score (nSPS) is 23.7. The second kappa shape index (κ2) is 11.7. The first-order valence-electron chi connectivity index (χ1n) is 9.84. The van der Waals surface area contributed by atoms with Crippen molar-refractivity contribution in [2.45, 2.75) is 88.5 Å². The van der Waals surface area contributed by atoms with Crippen LogP contribution in [-0.2, 0) is 0 Å². The molecule has 0 heterocycles. The predicted molar refractivity (Wildman–Crippen MR) is 96.7 cm³/mol. The van der Waals surface area contributed by atoms with Crippen LogP contribution in [0.2, 0.25) is 0 Å². The zero-order valence-corrected chi connectivity index (χ0v) is 15.5. The van der Waals surface area contributed by atoms with Gasteiger partial charge in [0, 0.05) is 11.5 Å². The number of aliphatic hydroxyl groups excluding tert-OH is 2. The molecule has 0 bridgehead atoms. The molecule has 0 spiro atoms. The summed E-state index contributed by atoms with van der Waals surface area (Å²) in [6.07, 6.45) is 13.0. The molecule has 2 aliphatic carbocycles. The van der Waals surface area contributed by atoms with Crippen molar-refractivity contribution < 1.29 is 20.8 Å². The van der Waals surface area contributed by atoms with Gasteiger partial charge < -0.3 is 20.8 Å². The molecular formula is C18H38N2O2S+2. The highest BCUT2D eigenvalue weighted by Crippen LogP contribution is 2.15. The van der Waals surface area contributed by atoms with E-state index in [-0.39, 0.29) is 12.2 Å². The molecule has 0 aromatic rings. The third-order valence-electron chi connectivity index (χ3n) is 5.40. The van der Waals surface area contributed by atoms with Crippen LogP contribution in [0.3, 0.4) is 0 Å². The highest BCUT2D eigenvalue weighted by atomic mass is 32.2. The summed E-state index contributed by atoms with van der Waals surface area (Å²) >= 11 is 1.70. The molecule has 4 nitrogen and oxygen atoms in total. The number of hydrogen-bond donors (Lipinski definition) is 4. The Hall–Kier alpha value is 0.190. The van der Waals surface area contributed by atoms with E-state index in [4.69, 9.17) is 0 Å². The predicted octanol–water partition coefficient (Wildman–Crippen LogP) is 0.234. The second-order valence-electron chi connectivity index (χ2n) is 7.58. The van der Waals surface area contributed by atoms with Gasteiger partial charge in [-0.1, -0.05) is 12.8 Å². The van der Waals surface area contributed by atoms with Gasteiger partial charge in [0.05, 0.1) is 12.1 Å². The minimum atomic E-state index is -0.239. The monoisotopic (exact) mass is 346 g/mol. The molecule has 23 heavy (non-hydrogen) atoms. The fourth-order valence-corrected chi connectivity index (χ4v) is 4.87. The largest absolute Gasteiger partial charge is 0.386 e. The van der Waals surface area contributed by atoms with Crippen LogP contribution in [0.1, 0.15) is 64.2 Å². The average Bonchev–Trinajstić information content (AvgIpc) is 2.60. The molecule has 0 aromatic heterocycles. The van der Waals surface area contributed by atoms with Gasteiger partial charge in [-0.05, 0) is 51.4 Å². The van der Waals surface area contributed by atoms with Gasteiger partial charge in [0.2, 0.25) is 0 Å². The van der Waals surface area contributed by atoms with E-state index in [1.165, 1.54) is 64.2 Å². The fraction of sp³-hybridized carbons (Fsp3) is 1.00. The van der Waals surface area contributed by atoms with Gasteiger partial charge in [-0.2, -0.15) is 11.8 Å². The number of quaternary nitrogens is 2. The lowest BCUT2D eigenvalue weighted by atomic mass is 9.95. The highest BCUT2D eigenvalue weighted by molar-refractivity contribution is 7.99. The Balaban J connectivity index is 1.44. The van der Waals surface area contributed by atoms with Crippen LogP contribution in [-0.4, -0.2) is 59.1 Å². The SMILES string of the molecule is O[C@@H](C[NH2+]C1CCCCC1)CSC[C@@H](O)C[NH2+]C1CCCCC1. The molecule has 6 N–H and O–H groups in total. The summed E-state index contributed by atoms with van der Waals surface area (Å²) in [7, 11) is 0. The Kier molecular flexibility index (Phi) is 9.92.